The van der Waals surface area contributed by atoms with Crippen LogP contribution < -0.4 is 0 Å². The summed E-state index contributed by atoms with van der Waals surface area (Å²) in [5.74, 6) is 0. The van der Waals surface area contributed by atoms with Gasteiger partial charge in [-0.2, -0.15) is 0 Å². The van der Waals surface area contributed by atoms with Gasteiger partial charge in [0.2, 0.25) is 0 Å². The Morgan fingerprint density at radius 3 is 2.40 bits per heavy atom. The predicted octanol–water partition coefficient (Wildman–Crippen LogP) is -1.08. The second kappa shape index (κ2) is 2.98. The molecule has 0 bridgehead atoms. The topological polar surface area (TPSA) is 37.4 Å². The van der Waals surface area contributed by atoms with Gasteiger partial charge in [0.25, 0.3) is 0 Å². The van der Waals surface area contributed by atoms with Gasteiger partial charge in [0.05, 0.1) is 0 Å². The van der Waals surface area contributed by atoms with Gasteiger partial charge in [-0.1, -0.05) is 0 Å². The van der Waals surface area contributed by atoms with Crippen LogP contribution in [0, 0.1) is 0 Å². The average Bonchev–Trinajstić information content (AvgIpc) is 2.11. The zero-order valence-corrected chi connectivity index (χ0v) is 10.1. The molecule has 3 nitrogen and oxygen atoms in total. The van der Waals surface area contributed by atoms with E-state index in [1.807, 2.05) is 0 Å². The van der Waals surface area contributed by atoms with E-state index < -0.39 is 9.84 Å². The quantitative estimate of drug-likeness (QED) is 0.568. The van der Waals surface area contributed by atoms with E-state index in [1.165, 1.54) is 6.26 Å². The minimum atomic E-state index is -2.76. The molecule has 0 aromatic rings. The average molecular weight is 268 g/mol. The molecule has 1 rings (SSSR count). The van der Waals surface area contributed by atoms with Crippen LogP contribution in [0.2, 0.25) is 0 Å². The second-order valence-electron chi connectivity index (χ2n) is 2.74. The van der Waals surface area contributed by atoms with Gasteiger partial charge in [0.1, 0.15) is 0 Å². The Kier molecular flexibility index (Phi) is 2.63. The molecule has 0 aromatic heterocycles. The van der Waals surface area contributed by atoms with Crippen molar-refractivity contribution in [3.63, 3.8) is 0 Å². The van der Waals surface area contributed by atoms with Crippen molar-refractivity contribution in [1.29, 1.82) is 0 Å². The van der Waals surface area contributed by atoms with Crippen LogP contribution in [0.25, 0.3) is 0 Å². The third-order valence-electron chi connectivity index (χ3n) is 1.78. The van der Waals surface area contributed by atoms with E-state index in [0.717, 1.165) is 42.3 Å². The van der Waals surface area contributed by atoms with Crippen LogP contribution in [0.5, 0.6) is 0 Å². The van der Waals surface area contributed by atoms with Gasteiger partial charge in [0.15, 0.2) is 0 Å². The molecule has 5 heteroatoms. The summed E-state index contributed by atoms with van der Waals surface area (Å²) in [6.07, 6.45) is 2.16. The standard InChI is InChI=1S/C5H10NO2S.Sn.H/c1-9(7,8)5-2-3-6-4-5;;/h5H,2-4H2,1H3;;/q-1;+1;. The molecule has 1 aliphatic heterocycles. The van der Waals surface area contributed by atoms with Gasteiger partial charge in [-0.15, -0.1) is 0 Å². The van der Waals surface area contributed by atoms with E-state index in [0.29, 0.717) is 0 Å². The molecule has 58 valence electrons. The SMILES string of the molecule is CS(=O)(=O)C1CC[N]([SnH])C1. The first-order valence-electron chi connectivity index (χ1n) is 3.18. The van der Waals surface area contributed by atoms with Crippen LogP contribution in [0.4, 0.5) is 0 Å². The number of rotatable bonds is 1. The first-order chi connectivity index (χ1) is 4.50. The van der Waals surface area contributed by atoms with Crippen molar-refractivity contribution >= 4 is 32.6 Å². The Morgan fingerprint density at radius 2 is 2.20 bits per heavy atom. The van der Waals surface area contributed by atoms with Crippen molar-refractivity contribution in [2.45, 2.75) is 11.7 Å². The number of hydrogen-bond donors (Lipinski definition) is 0. The van der Waals surface area contributed by atoms with Gasteiger partial charge < -0.3 is 0 Å². The van der Waals surface area contributed by atoms with Gasteiger partial charge in [-0.25, -0.2) is 0 Å². The summed E-state index contributed by atoms with van der Waals surface area (Å²) in [5.41, 5.74) is 0. The van der Waals surface area contributed by atoms with Crippen LogP contribution >= 0.6 is 0 Å². The molecule has 2 radical (unpaired) electrons. The summed E-state index contributed by atoms with van der Waals surface area (Å²) < 4.78 is 24.1. The van der Waals surface area contributed by atoms with Gasteiger partial charge in [-0.3, -0.25) is 0 Å². The first-order valence-corrected chi connectivity index (χ1v) is 6.61. The Bertz CT molecular complexity index is 214. The molecule has 0 aromatic carbocycles. The molecule has 1 aliphatic rings. The van der Waals surface area contributed by atoms with Crippen molar-refractivity contribution in [3.05, 3.63) is 0 Å². The number of sulfone groups is 1. The van der Waals surface area contributed by atoms with E-state index in [4.69, 9.17) is 0 Å². The number of hydrogen-bond acceptors (Lipinski definition) is 3. The molecule has 0 saturated carbocycles. The fraction of sp³-hybridized carbons (Fsp3) is 1.00. The molecule has 0 N–H and O–H groups in total. The van der Waals surface area contributed by atoms with Crippen molar-refractivity contribution in [1.82, 2.24) is 3.12 Å². The zero-order valence-electron chi connectivity index (χ0n) is 5.95. The fourth-order valence-corrected chi connectivity index (χ4v) is 3.69. The summed E-state index contributed by atoms with van der Waals surface area (Å²) >= 11 is 1.05. The summed E-state index contributed by atoms with van der Waals surface area (Å²) in [7, 11) is -2.76. The van der Waals surface area contributed by atoms with E-state index in [9.17, 15) is 8.42 Å². The van der Waals surface area contributed by atoms with Crippen LogP contribution in [-0.4, -0.2) is 58.9 Å². The molecule has 10 heavy (non-hydrogen) atoms. The molecular weight excluding hydrogens is 257 g/mol. The molecule has 1 saturated heterocycles. The Hall–Kier alpha value is 0.709. The molecule has 0 aliphatic carbocycles. The summed E-state index contributed by atoms with van der Waals surface area (Å²) in [6.45, 7) is 1.74. The van der Waals surface area contributed by atoms with Gasteiger partial charge in [0, 0.05) is 0 Å². The van der Waals surface area contributed by atoms with Crippen LogP contribution in [-0.2, 0) is 9.84 Å². The van der Waals surface area contributed by atoms with Crippen molar-refractivity contribution in [3.8, 4) is 0 Å². The molecule has 1 atom stereocenters. The van der Waals surface area contributed by atoms with E-state index in [2.05, 4.69) is 3.12 Å². The predicted molar refractivity (Wildman–Crippen MR) is 42.0 cm³/mol. The maximum absolute atomic E-state index is 11.0. The maximum atomic E-state index is 11.0. The molecule has 0 spiro atoms. The monoisotopic (exact) mass is 269 g/mol. The molecule has 1 heterocycles. The first kappa shape index (κ1) is 8.80. The normalized spacial score (nSPS) is 29.2. The van der Waals surface area contributed by atoms with Crippen molar-refractivity contribution in [2.75, 3.05) is 19.3 Å². The summed E-state index contributed by atoms with van der Waals surface area (Å²) in [4.78, 5) is 0. The second-order valence-corrected chi connectivity index (χ2v) is 7.15. The third kappa shape index (κ3) is 2.10. The Labute approximate surface area is 75.1 Å². The van der Waals surface area contributed by atoms with Crippen LogP contribution in [0.3, 0.4) is 0 Å². The van der Waals surface area contributed by atoms with E-state index >= 15 is 0 Å². The van der Waals surface area contributed by atoms with Crippen LogP contribution in [0.1, 0.15) is 6.42 Å². The molecule has 0 amide bonds. The Morgan fingerprint density at radius 1 is 1.60 bits per heavy atom. The zero-order chi connectivity index (χ0) is 7.78. The number of nitrogens with zero attached hydrogens (tertiary/aromatic N) is 1. The minimum absolute atomic E-state index is 0.0809. The van der Waals surface area contributed by atoms with Crippen molar-refractivity contribution < 1.29 is 8.42 Å². The van der Waals surface area contributed by atoms with E-state index in [1.54, 1.807) is 0 Å². The van der Waals surface area contributed by atoms with Gasteiger partial charge >= 0.3 is 75.2 Å². The summed E-state index contributed by atoms with van der Waals surface area (Å²) in [5, 5.41) is -0.0809. The summed E-state index contributed by atoms with van der Waals surface area (Å²) in [6, 6.07) is 0. The fourth-order valence-electron chi connectivity index (χ4n) is 1.10. The van der Waals surface area contributed by atoms with Crippen molar-refractivity contribution in [2.24, 2.45) is 0 Å². The molecule has 1 unspecified atom stereocenters. The third-order valence-corrected chi connectivity index (χ3v) is 4.72. The van der Waals surface area contributed by atoms with Crippen LogP contribution in [0.15, 0.2) is 0 Å². The molecule has 1 fully saturated rings. The van der Waals surface area contributed by atoms with Gasteiger partial charge in [-0.05, 0) is 0 Å². The molecular formula is C5H11NO2SSn. The Balaban J connectivity index is 2.62. The van der Waals surface area contributed by atoms with E-state index in [-0.39, 0.29) is 5.25 Å².